The Morgan fingerprint density at radius 2 is 1.56 bits per heavy atom. The van der Waals surface area contributed by atoms with E-state index >= 15 is 0 Å². The van der Waals surface area contributed by atoms with Gasteiger partial charge < -0.3 is 0 Å². The summed E-state index contributed by atoms with van der Waals surface area (Å²) in [6, 6.07) is 24.9. The molecule has 1 heterocycles. The van der Waals surface area contributed by atoms with Crippen LogP contribution < -0.4 is 0 Å². The third-order valence-corrected chi connectivity index (χ3v) is 4.17. The maximum atomic E-state index is 13.5. The molecule has 1 nitrogen and oxygen atoms in total. The van der Waals surface area contributed by atoms with Gasteiger partial charge in [0.2, 0.25) is 0 Å². The molecule has 0 bridgehead atoms. The summed E-state index contributed by atoms with van der Waals surface area (Å²) < 4.78 is 13.5. The smallest absolute Gasteiger partial charge is 0.123 e. The molecule has 0 N–H and O–H groups in total. The second kappa shape index (κ2) is 6.70. The monoisotopic (exact) mass is 325 g/mol. The minimum absolute atomic E-state index is 0.241. The van der Waals surface area contributed by atoms with Gasteiger partial charge in [0.1, 0.15) is 5.82 Å². The molecule has 0 unspecified atom stereocenters. The van der Waals surface area contributed by atoms with Crippen molar-refractivity contribution in [2.45, 2.75) is 0 Å². The molecule has 0 aliphatic rings. The second-order valence-electron chi connectivity index (χ2n) is 5.89. The van der Waals surface area contributed by atoms with Gasteiger partial charge in [-0.05, 0) is 41.0 Å². The third-order valence-electron chi connectivity index (χ3n) is 4.17. The Balaban J connectivity index is 1.80. The van der Waals surface area contributed by atoms with Crippen molar-refractivity contribution < 1.29 is 4.39 Å². The van der Waals surface area contributed by atoms with Gasteiger partial charge in [0.05, 0.1) is 5.52 Å². The van der Waals surface area contributed by atoms with E-state index in [4.69, 9.17) is 0 Å². The summed E-state index contributed by atoms with van der Waals surface area (Å²) in [5, 5.41) is 1.05. The van der Waals surface area contributed by atoms with Crippen molar-refractivity contribution in [3.8, 4) is 11.1 Å². The van der Waals surface area contributed by atoms with E-state index in [0.29, 0.717) is 0 Å². The Bertz CT molecular complexity index is 1050. The molecular weight excluding hydrogens is 309 g/mol. The Hall–Kier alpha value is -3.26. The number of halogens is 1. The average molecular weight is 325 g/mol. The van der Waals surface area contributed by atoms with E-state index in [-0.39, 0.29) is 5.82 Å². The van der Waals surface area contributed by atoms with Gasteiger partial charge in [0.25, 0.3) is 0 Å². The lowest BCUT2D eigenvalue weighted by molar-refractivity contribution is 0.628. The van der Waals surface area contributed by atoms with Crippen molar-refractivity contribution in [1.29, 1.82) is 0 Å². The van der Waals surface area contributed by atoms with Crippen LogP contribution in [0.2, 0.25) is 0 Å². The van der Waals surface area contributed by atoms with Crippen molar-refractivity contribution in [2.75, 3.05) is 0 Å². The fraction of sp³-hybridized carbons (Fsp3) is 0. The van der Waals surface area contributed by atoms with Gasteiger partial charge in [0, 0.05) is 17.1 Å². The zero-order valence-electron chi connectivity index (χ0n) is 13.6. The van der Waals surface area contributed by atoms with Gasteiger partial charge in [-0.25, -0.2) is 4.39 Å². The molecular formula is C23H16FN. The molecule has 120 valence electrons. The highest BCUT2D eigenvalue weighted by Crippen LogP contribution is 2.26. The first-order valence-corrected chi connectivity index (χ1v) is 8.17. The van der Waals surface area contributed by atoms with Gasteiger partial charge in [-0.2, -0.15) is 0 Å². The Labute approximate surface area is 146 Å². The fourth-order valence-corrected chi connectivity index (χ4v) is 2.89. The van der Waals surface area contributed by atoms with Crippen LogP contribution in [-0.2, 0) is 0 Å². The lowest BCUT2D eigenvalue weighted by atomic mass is 10.0. The predicted molar refractivity (Wildman–Crippen MR) is 103 cm³/mol. The van der Waals surface area contributed by atoms with E-state index < -0.39 is 0 Å². The van der Waals surface area contributed by atoms with Crippen LogP contribution in [0.1, 0.15) is 11.1 Å². The van der Waals surface area contributed by atoms with Crippen LogP contribution in [0.5, 0.6) is 0 Å². The van der Waals surface area contributed by atoms with Gasteiger partial charge >= 0.3 is 0 Å². The van der Waals surface area contributed by atoms with Crippen LogP contribution in [-0.4, -0.2) is 4.98 Å². The molecule has 0 spiro atoms. The topological polar surface area (TPSA) is 12.9 Å². The Morgan fingerprint density at radius 3 is 2.40 bits per heavy atom. The number of rotatable bonds is 3. The molecule has 0 amide bonds. The molecule has 0 aliphatic heterocycles. The summed E-state index contributed by atoms with van der Waals surface area (Å²) in [5.41, 5.74) is 4.90. The SMILES string of the molecule is Fc1cccc(-c2cnc3cccc(/C=C/c4ccccc4)c3c2)c1. The minimum Gasteiger partial charge on any atom is -0.256 e. The molecule has 0 saturated heterocycles. The molecule has 2 heteroatoms. The van der Waals surface area contributed by atoms with E-state index in [9.17, 15) is 4.39 Å². The normalized spacial score (nSPS) is 11.2. The predicted octanol–water partition coefficient (Wildman–Crippen LogP) is 6.21. The zero-order valence-corrected chi connectivity index (χ0v) is 13.6. The van der Waals surface area contributed by atoms with Gasteiger partial charge in [-0.15, -0.1) is 0 Å². The number of hydrogen-bond donors (Lipinski definition) is 0. The highest BCUT2D eigenvalue weighted by Gasteiger charge is 2.04. The van der Waals surface area contributed by atoms with E-state index in [2.05, 4.69) is 41.4 Å². The molecule has 0 radical (unpaired) electrons. The maximum Gasteiger partial charge on any atom is 0.123 e. The number of nitrogens with zero attached hydrogens (tertiary/aromatic N) is 1. The number of pyridine rings is 1. The molecule has 1 aromatic heterocycles. The third kappa shape index (κ3) is 3.33. The molecule has 4 rings (SSSR count). The van der Waals surface area contributed by atoms with E-state index in [0.717, 1.165) is 33.2 Å². The van der Waals surface area contributed by atoms with Crippen molar-refractivity contribution in [1.82, 2.24) is 4.98 Å². The first-order valence-electron chi connectivity index (χ1n) is 8.17. The zero-order chi connectivity index (χ0) is 17.1. The van der Waals surface area contributed by atoms with E-state index in [1.165, 1.54) is 12.1 Å². The van der Waals surface area contributed by atoms with Crippen LogP contribution in [0, 0.1) is 5.82 Å². The van der Waals surface area contributed by atoms with E-state index in [1.807, 2.05) is 36.4 Å². The summed E-state index contributed by atoms with van der Waals surface area (Å²) in [6.45, 7) is 0. The van der Waals surface area contributed by atoms with Crippen LogP contribution in [0.3, 0.4) is 0 Å². The van der Waals surface area contributed by atoms with E-state index in [1.54, 1.807) is 12.3 Å². The highest BCUT2D eigenvalue weighted by molar-refractivity contribution is 5.93. The lowest BCUT2D eigenvalue weighted by Crippen LogP contribution is -1.86. The van der Waals surface area contributed by atoms with Crippen LogP contribution in [0.15, 0.2) is 85.1 Å². The number of benzene rings is 3. The number of fused-ring (bicyclic) bond motifs is 1. The largest absolute Gasteiger partial charge is 0.256 e. The number of hydrogen-bond acceptors (Lipinski definition) is 1. The van der Waals surface area contributed by atoms with Gasteiger partial charge in [-0.1, -0.05) is 66.7 Å². The van der Waals surface area contributed by atoms with Gasteiger partial charge in [0.15, 0.2) is 0 Å². The molecule has 0 saturated carbocycles. The quantitative estimate of drug-likeness (QED) is 0.408. The Morgan fingerprint density at radius 1 is 0.720 bits per heavy atom. The summed E-state index contributed by atoms with van der Waals surface area (Å²) in [5.74, 6) is -0.241. The summed E-state index contributed by atoms with van der Waals surface area (Å²) >= 11 is 0. The summed E-state index contributed by atoms with van der Waals surface area (Å²) in [6.07, 6.45) is 5.97. The molecule has 25 heavy (non-hydrogen) atoms. The number of aromatic nitrogens is 1. The van der Waals surface area contributed by atoms with Crippen molar-refractivity contribution >= 4 is 23.1 Å². The van der Waals surface area contributed by atoms with Crippen LogP contribution >= 0.6 is 0 Å². The first-order chi connectivity index (χ1) is 12.3. The van der Waals surface area contributed by atoms with Crippen LogP contribution in [0.25, 0.3) is 34.2 Å². The van der Waals surface area contributed by atoms with Crippen molar-refractivity contribution in [2.24, 2.45) is 0 Å². The second-order valence-corrected chi connectivity index (χ2v) is 5.89. The fourth-order valence-electron chi connectivity index (χ4n) is 2.89. The van der Waals surface area contributed by atoms with Gasteiger partial charge in [-0.3, -0.25) is 4.98 Å². The maximum absolute atomic E-state index is 13.5. The molecule has 3 aromatic carbocycles. The Kier molecular flexibility index (Phi) is 4.09. The average Bonchev–Trinajstić information content (AvgIpc) is 2.67. The molecule has 0 fully saturated rings. The molecule has 0 atom stereocenters. The van der Waals surface area contributed by atoms with Crippen molar-refractivity contribution in [3.05, 3.63) is 102 Å². The molecule has 4 aromatic rings. The summed E-state index contributed by atoms with van der Waals surface area (Å²) in [7, 11) is 0. The van der Waals surface area contributed by atoms with Crippen LogP contribution in [0.4, 0.5) is 4.39 Å². The highest BCUT2D eigenvalue weighted by atomic mass is 19.1. The lowest BCUT2D eigenvalue weighted by Gasteiger charge is -2.06. The summed E-state index contributed by atoms with van der Waals surface area (Å²) in [4.78, 5) is 4.55. The van der Waals surface area contributed by atoms with Crippen molar-refractivity contribution in [3.63, 3.8) is 0 Å². The standard InChI is InChI=1S/C23H16FN/c24-21-10-4-9-19(14-21)20-15-22-18(8-5-11-23(22)25-16-20)13-12-17-6-2-1-3-7-17/h1-16H/b13-12+. The minimum atomic E-state index is -0.241. The molecule has 0 aliphatic carbocycles. The first kappa shape index (κ1) is 15.3.